The van der Waals surface area contributed by atoms with Gasteiger partial charge in [0.1, 0.15) is 5.82 Å². The van der Waals surface area contributed by atoms with E-state index < -0.39 is 33.9 Å². The average Bonchev–Trinajstić information content (AvgIpc) is 2.75. The minimum absolute atomic E-state index is 0.0531. The lowest BCUT2D eigenvalue weighted by molar-refractivity contribution is -0.153. The fourth-order valence-corrected chi connectivity index (χ4v) is 5.96. The largest absolute Gasteiger partial charge is 0.378 e. The van der Waals surface area contributed by atoms with Crippen molar-refractivity contribution in [1.82, 2.24) is 9.62 Å². The van der Waals surface area contributed by atoms with E-state index in [1.54, 1.807) is 12.1 Å². The van der Waals surface area contributed by atoms with Gasteiger partial charge in [0.25, 0.3) is 5.91 Å². The third-order valence-corrected chi connectivity index (χ3v) is 7.97. The van der Waals surface area contributed by atoms with Crippen LogP contribution >= 0.6 is 0 Å². The predicted octanol–water partition coefficient (Wildman–Crippen LogP) is 3.78. The zero-order valence-corrected chi connectivity index (χ0v) is 19.3. The molecule has 33 heavy (non-hydrogen) atoms. The van der Waals surface area contributed by atoms with Crippen LogP contribution in [-0.2, 0) is 19.9 Å². The van der Waals surface area contributed by atoms with Crippen molar-refractivity contribution in [1.29, 1.82) is 0 Å². The van der Waals surface area contributed by atoms with Crippen LogP contribution in [0.25, 0.3) is 0 Å². The number of nitrogens with one attached hydrogen (secondary N) is 1. The summed E-state index contributed by atoms with van der Waals surface area (Å²) in [6.45, 7) is 0.439. The molecule has 3 fully saturated rings. The quantitative estimate of drug-likeness (QED) is 0.593. The zero-order chi connectivity index (χ0) is 23.6. The number of rotatable bonds is 7. The highest BCUT2D eigenvalue weighted by molar-refractivity contribution is 7.84. The fourth-order valence-electron chi connectivity index (χ4n) is 5.29. The van der Waals surface area contributed by atoms with Crippen LogP contribution in [0.4, 0.5) is 12.7 Å². The molecule has 1 N–H and O–H groups in total. The SMILES string of the molecule is O=C(N1CC[C@H](NS(=O)(=O)F)[C@H](COC2CCC(c3cccc(F)c3)CC2)C1)C1(F)CCC1. The molecule has 0 unspecified atom stereocenters. The molecular weight excluding hydrogens is 457 g/mol. The number of benzene rings is 1. The Labute approximate surface area is 193 Å². The number of nitrogens with zero attached hydrogens (tertiary/aromatic N) is 1. The Kier molecular flexibility index (Phi) is 7.35. The normalized spacial score (nSPS) is 30.0. The molecular formula is C23H31F3N2O4S. The first-order valence-corrected chi connectivity index (χ1v) is 13.1. The molecule has 2 saturated carbocycles. The van der Waals surface area contributed by atoms with E-state index >= 15 is 0 Å². The standard InChI is InChI=1S/C23H31F3N2O4S/c24-19-4-1-3-17(13-19)16-5-7-20(8-6-16)32-15-18-14-28(22(29)23(25)10-2-11-23)12-9-21(18)27-33(26,30)31/h1,3-4,13,16,18,20-21,27H,2,5-12,14-15H2/t16?,18-,20?,21-/m0/s1. The Bertz CT molecular complexity index is 949. The number of alkyl halides is 1. The van der Waals surface area contributed by atoms with Crippen molar-refractivity contribution in [2.75, 3.05) is 19.7 Å². The van der Waals surface area contributed by atoms with Crippen molar-refractivity contribution >= 4 is 16.3 Å². The third-order valence-electron chi connectivity index (χ3n) is 7.38. The summed E-state index contributed by atoms with van der Waals surface area (Å²) in [5.41, 5.74) is -0.851. The number of carbonyl (C=O) groups is 1. The van der Waals surface area contributed by atoms with E-state index in [-0.39, 0.29) is 56.8 Å². The lowest BCUT2D eigenvalue weighted by atomic mass is 9.80. The van der Waals surface area contributed by atoms with Crippen LogP contribution in [0.5, 0.6) is 0 Å². The summed E-state index contributed by atoms with van der Waals surface area (Å²) in [6.07, 6.45) is 4.45. The summed E-state index contributed by atoms with van der Waals surface area (Å²) in [4.78, 5) is 14.0. The van der Waals surface area contributed by atoms with Crippen molar-refractivity contribution in [2.24, 2.45) is 5.92 Å². The summed E-state index contributed by atoms with van der Waals surface area (Å²) in [5.74, 6) is -1.02. The van der Waals surface area contributed by atoms with Gasteiger partial charge in [0.05, 0.1) is 12.7 Å². The smallest absolute Gasteiger partial charge is 0.372 e. The van der Waals surface area contributed by atoms with Crippen LogP contribution in [0, 0.1) is 11.7 Å². The van der Waals surface area contributed by atoms with E-state index in [0.717, 1.165) is 31.2 Å². The Morgan fingerprint density at radius 3 is 2.52 bits per heavy atom. The van der Waals surface area contributed by atoms with Gasteiger partial charge in [-0.05, 0) is 75.0 Å². The van der Waals surface area contributed by atoms with Crippen molar-refractivity contribution in [3.8, 4) is 0 Å². The van der Waals surface area contributed by atoms with Crippen LogP contribution < -0.4 is 4.72 Å². The number of ether oxygens (including phenoxy) is 1. The van der Waals surface area contributed by atoms with Gasteiger partial charge >= 0.3 is 10.4 Å². The van der Waals surface area contributed by atoms with Crippen LogP contribution in [0.2, 0.25) is 0 Å². The minimum atomic E-state index is -4.91. The Balaban J connectivity index is 1.33. The molecule has 0 aromatic heterocycles. The first kappa shape index (κ1) is 24.5. The minimum Gasteiger partial charge on any atom is -0.378 e. The molecule has 1 amide bonds. The van der Waals surface area contributed by atoms with Gasteiger partial charge in [0.2, 0.25) is 0 Å². The molecule has 4 rings (SSSR count). The van der Waals surface area contributed by atoms with Gasteiger partial charge in [-0.2, -0.15) is 13.1 Å². The Hall–Kier alpha value is -1.65. The second kappa shape index (κ2) is 9.92. The molecule has 3 aliphatic rings. The van der Waals surface area contributed by atoms with E-state index in [1.807, 2.05) is 10.8 Å². The van der Waals surface area contributed by atoms with Crippen molar-refractivity contribution in [2.45, 2.75) is 75.1 Å². The maximum atomic E-state index is 14.6. The molecule has 1 aliphatic heterocycles. The van der Waals surface area contributed by atoms with Gasteiger partial charge in [-0.15, -0.1) is 0 Å². The van der Waals surface area contributed by atoms with Gasteiger partial charge in [-0.3, -0.25) is 4.79 Å². The Morgan fingerprint density at radius 2 is 1.91 bits per heavy atom. The molecule has 6 nitrogen and oxygen atoms in total. The molecule has 1 aromatic carbocycles. The maximum Gasteiger partial charge on any atom is 0.372 e. The fraction of sp³-hybridized carbons (Fsp3) is 0.696. The zero-order valence-electron chi connectivity index (χ0n) is 18.5. The number of likely N-dealkylation sites (tertiary alicyclic amines) is 1. The van der Waals surface area contributed by atoms with Gasteiger partial charge in [0, 0.05) is 25.0 Å². The van der Waals surface area contributed by atoms with Gasteiger partial charge < -0.3 is 9.64 Å². The number of hydrogen-bond donors (Lipinski definition) is 1. The summed E-state index contributed by atoms with van der Waals surface area (Å²) >= 11 is 0. The molecule has 2 aliphatic carbocycles. The van der Waals surface area contributed by atoms with Gasteiger partial charge in [-0.25, -0.2) is 8.78 Å². The number of piperidine rings is 1. The molecule has 0 spiro atoms. The van der Waals surface area contributed by atoms with E-state index in [9.17, 15) is 25.9 Å². The van der Waals surface area contributed by atoms with Crippen molar-refractivity contribution < 1.29 is 30.6 Å². The van der Waals surface area contributed by atoms with Crippen molar-refractivity contribution in [3.63, 3.8) is 0 Å². The third kappa shape index (κ3) is 6.08. The molecule has 1 aromatic rings. The molecule has 184 valence electrons. The average molecular weight is 489 g/mol. The van der Waals surface area contributed by atoms with Crippen molar-refractivity contribution in [3.05, 3.63) is 35.6 Å². The van der Waals surface area contributed by atoms with E-state index in [4.69, 9.17) is 4.74 Å². The number of hydrogen-bond acceptors (Lipinski definition) is 4. The molecule has 1 saturated heterocycles. The summed E-state index contributed by atoms with van der Waals surface area (Å²) in [6, 6.07) is 5.90. The molecule has 2 atom stereocenters. The first-order valence-electron chi connectivity index (χ1n) is 11.7. The van der Waals surface area contributed by atoms with E-state index in [0.29, 0.717) is 6.42 Å². The van der Waals surface area contributed by atoms with Gasteiger partial charge in [0.15, 0.2) is 5.67 Å². The molecule has 0 radical (unpaired) electrons. The summed E-state index contributed by atoms with van der Waals surface area (Å²) < 4.78 is 72.0. The molecule has 0 bridgehead atoms. The predicted molar refractivity (Wildman–Crippen MR) is 117 cm³/mol. The van der Waals surface area contributed by atoms with Crippen LogP contribution in [0.3, 0.4) is 0 Å². The highest BCUT2D eigenvalue weighted by Gasteiger charge is 2.48. The summed E-state index contributed by atoms with van der Waals surface area (Å²) in [5, 5.41) is 0. The summed E-state index contributed by atoms with van der Waals surface area (Å²) in [7, 11) is -4.91. The maximum absolute atomic E-state index is 14.6. The second-order valence-electron chi connectivity index (χ2n) is 9.64. The number of amides is 1. The lowest BCUT2D eigenvalue weighted by Crippen LogP contribution is -2.58. The lowest BCUT2D eigenvalue weighted by Gasteiger charge is -2.43. The van der Waals surface area contributed by atoms with E-state index in [2.05, 4.69) is 0 Å². The Morgan fingerprint density at radius 1 is 1.18 bits per heavy atom. The van der Waals surface area contributed by atoms with E-state index in [1.165, 1.54) is 11.0 Å². The molecule has 1 heterocycles. The monoisotopic (exact) mass is 488 g/mol. The first-order chi connectivity index (χ1) is 15.6. The van der Waals surface area contributed by atoms with Crippen LogP contribution in [0.1, 0.15) is 62.8 Å². The van der Waals surface area contributed by atoms with Crippen LogP contribution in [0.15, 0.2) is 24.3 Å². The number of halogens is 3. The molecule has 10 heteroatoms. The van der Waals surface area contributed by atoms with Crippen LogP contribution in [-0.4, -0.2) is 56.7 Å². The number of carbonyl (C=O) groups excluding carboxylic acids is 1. The van der Waals surface area contributed by atoms with Gasteiger partial charge in [-0.1, -0.05) is 16.0 Å². The highest BCUT2D eigenvalue weighted by Crippen LogP contribution is 2.39. The highest BCUT2D eigenvalue weighted by atomic mass is 32.3. The topological polar surface area (TPSA) is 75.7 Å². The second-order valence-corrected chi connectivity index (χ2v) is 10.8.